The maximum Gasteiger partial charge on any atom is 0.269 e. The third-order valence-electron chi connectivity index (χ3n) is 4.14. The molecule has 1 N–H and O–H groups in total. The van der Waals surface area contributed by atoms with Crippen LogP contribution >= 0.6 is 15.9 Å². The van der Waals surface area contributed by atoms with Crippen molar-refractivity contribution >= 4 is 33.2 Å². The molecular weight excluding hydrogens is 426 g/mol. The van der Waals surface area contributed by atoms with Crippen LogP contribution in [0.2, 0.25) is 0 Å². The van der Waals surface area contributed by atoms with Gasteiger partial charge in [0.2, 0.25) is 0 Å². The molecule has 0 bridgehead atoms. The van der Waals surface area contributed by atoms with Crippen molar-refractivity contribution in [1.82, 2.24) is 4.57 Å². The van der Waals surface area contributed by atoms with Crippen LogP contribution in [-0.2, 0) is 6.54 Å². The Kier molecular flexibility index (Phi) is 5.70. The summed E-state index contributed by atoms with van der Waals surface area (Å²) in [4.78, 5) is 35.1. The van der Waals surface area contributed by atoms with E-state index in [0.717, 1.165) is 10.0 Å². The van der Waals surface area contributed by atoms with Gasteiger partial charge in [-0.2, -0.15) is 0 Å². The van der Waals surface area contributed by atoms with Crippen LogP contribution in [0.3, 0.4) is 0 Å². The molecule has 0 fully saturated rings. The highest BCUT2D eigenvalue weighted by Crippen LogP contribution is 2.20. The average Bonchev–Trinajstić information content (AvgIpc) is 2.66. The smallest absolute Gasteiger partial charge is 0.269 e. The SMILES string of the molecule is Cc1cc(NC(=O)c2ccc(=O)n(Cc3cccc([N+](=O)[O-])c3)c2)ccc1Br. The highest BCUT2D eigenvalue weighted by Gasteiger charge is 2.11. The zero-order valence-corrected chi connectivity index (χ0v) is 16.5. The van der Waals surface area contributed by atoms with Crippen LogP contribution in [-0.4, -0.2) is 15.4 Å². The number of nitro benzene ring substituents is 1. The second kappa shape index (κ2) is 8.18. The summed E-state index contributed by atoms with van der Waals surface area (Å²) in [6.45, 7) is 2.04. The van der Waals surface area contributed by atoms with Gasteiger partial charge in [-0.25, -0.2) is 0 Å². The van der Waals surface area contributed by atoms with E-state index < -0.39 is 4.92 Å². The van der Waals surface area contributed by atoms with Gasteiger partial charge >= 0.3 is 0 Å². The van der Waals surface area contributed by atoms with Gasteiger partial charge in [-0.05, 0) is 42.3 Å². The van der Waals surface area contributed by atoms with Crippen molar-refractivity contribution in [2.24, 2.45) is 0 Å². The van der Waals surface area contributed by atoms with E-state index in [0.29, 0.717) is 16.8 Å². The number of non-ortho nitro benzene ring substituents is 1. The molecule has 3 rings (SSSR count). The molecule has 0 aliphatic heterocycles. The minimum absolute atomic E-state index is 0.0509. The van der Waals surface area contributed by atoms with Gasteiger partial charge in [0.1, 0.15) is 0 Å². The Morgan fingerprint density at radius 1 is 1.18 bits per heavy atom. The van der Waals surface area contributed by atoms with E-state index in [1.807, 2.05) is 19.1 Å². The normalized spacial score (nSPS) is 10.5. The van der Waals surface area contributed by atoms with E-state index in [1.165, 1.54) is 35.0 Å². The van der Waals surface area contributed by atoms with E-state index in [9.17, 15) is 19.7 Å². The van der Waals surface area contributed by atoms with E-state index in [4.69, 9.17) is 0 Å². The Labute approximate surface area is 168 Å². The third-order valence-corrected chi connectivity index (χ3v) is 5.03. The van der Waals surface area contributed by atoms with Crippen LogP contribution in [0.15, 0.2) is 70.1 Å². The maximum atomic E-state index is 12.5. The molecule has 28 heavy (non-hydrogen) atoms. The largest absolute Gasteiger partial charge is 0.322 e. The van der Waals surface area contributed by atoms with E-state index >= 15 is 0 Å². The summed E-state index contributed by atoms with van der Waals surface area (Å²) in [7, 11) is 0. The molecule has 8 heteroatoms. The first-order valence-corrected chi connectivity index (χ1v) is 9.14. The molecular formula is C20H16BrN3O4. The number of nitro groups is 1. The molecule has 0 saturated carbocycles. The van der Waals surface area contributed by atoms with Gasteiger partial charge in [0, 0.05) is 34.6 Å². The van der Waals surface area contributed by atoms with Crippen molar-refractivity contribution in [2.45, 2.75) is 13.5 Å². The van der Waals surface area contributed by atoms with Crippen molar-refractivity contribution < 1.29 is 9.72 Å². The number of aromatic nitrogens is 1. The standard InChI is InChI=1S/C20H16BrN3O4/c1-13-9-16(6-7-18(13)21)22-20(26)15-5-8-19(25)23(12-15)11-14-3-2-4-17(10-14)24(27)28/h2-10,12H,11H2,1H3,(H,22,26). The minimum atomic E-state index is -0.490. The predicted octanol–water partition coefficient (Wildman–Crippen LogP) is 4.13. The summed E-state index contributed by atoms with van der Waals surface area (Å²) in [6, 6.07) is 14.2. The second-order valence-electron chi connectivity index (χ2n) is 6.23. The first-order chi connectivity index (χ1) is 13.3. The van der Waals surface area contributed by atoms with E-state index in [-0.39, 0.29) is 23.7 Å². The summed E-state index contributed by atoms with van der Waals surface area (Å²) in [5, 5.41) is 13.7. The number of nitrogens with one attached hydrogen (secondary N) is 1. The molecule has 0 aliphatic carbocycles. The number of halogens is 1. The number of amides is 1. The van der Waals surface area contributed by atoms with Crippen molar-refractivity contribution in [1.29, 1.82) is 0 Å². The summed E-state index contributed by atoms with van der Waals surface area (Å²) in [5.41, 5.74) is 2.17. The molecule has 3 aromatic rings. The van der Waals surface area contributed by atoms with Gasteiger partial charge in [-0.1, -0.05) is 28.1 Å². The molecule has 0 aliphatic rings. The summed E-state index contributed by atoms with van der Waals surface area (Å²) >= 11 is 3.41. The lowest BCUT2D eigenvalue weighted by Crippen LogP contribution is -2.22. The molecule has 1 aromatic heterocycles. The highest BCUT2D eigenvalue weighted by atomic mass is 79.9. The zero-order valence-electron chi connectivity index (χ0n) is 14.9. The van der Waals surface area contributed by atoms with Gasteiger partial charge in [-0.15, -0.1) is 0 Å². The van der Waals surface area contributed by atoms with Crippen molar-refractivity contribution in [3.8, 4) is 0 Å². The van der Waals surface area contributed by atoms with Crippen LogP contribution < -0.4 is 10.9 Å². The molecule has 7 nitrogen and oxygen atoms in total. The van der Waals surface area contributed by atoms with E-state index in [2.05, 4.69) is 21.2 Å². The Balaban J connectivity index is 1.83. The van der Waals surface area contributed by atoms with Crippen LogP contribution in [0.1, 0.15) is 21.5 Å². The fourth-order valence-corrected chi connectivity index (χ4v) is 2.93. The summed E-state index contributed by atoms with van der Waals surface area (Å²) in [5.74, 6) is -0.352. The Hall–Kier alpha value is -3.26. The first kappa shape index (κ1) is 19.5. The number of anilines is 1. The summed E-state index contributed by atoms with van der Waals surface area (Å²) < 4.78 is 2.29. The van der Waals surface area contributed by atoms with Gasteiger partial charge in [0.15, 0.2) is 0 Å². The summed E-state index contributed by atoms with van der Waals surface area (Å²) in [6.07, 6.45) is 1.45. The van der Waals surface area contributed by atoms with Crippen LogP contribution in [0.25, 0.3) is 0 Å². The van der Waals surface area contributed by atoms with Crippen LogP contribution in [0.5, 0.6) is 0 Å². The van der Waals surface area contributed by atoms with Gasteiger partial charge < -0.3 is 9.88 Å². The number of nitrogens with zero attached hydrogens (tertiary/aromatic N) is 2. The molecule has 0 saturated heterocycles. The van der Waals surface area contributed by atoms with Gasteiger partial charge in [0.05, 0.1) is 17.0 Å². The molecule has 0 radical (unpaired) electrons. The van der Waals surface area contributed by atoms with Crippen molar-refractivity contribution in [3.05, 3.63) is 102 Å². The second-order valence-corrected chi connectivity index (χ2v) is 7.08. The van der Waals surface area contributed by atoms with E-state index in [1.54, 1.807) is 18.2 Å². The Morgan fingerprint density at radius 3 is 2.68 bits per heavy atom. The fraction of sp³-hybridized carbons (Fsp3) is 0.100. The molecule has 1 amide bonds. The third kappa shape index (κ3) is 4.52. The lowest BCUT2D eigenvalue weighted by molar-refractivity contribution is -0.384. The molecule has 0 unspecified atom stereocenters. The molecule has 0 spiro atoms. The monoisotopic (exact) mass is 441 g/mol. The Morgan fingerprint density at radius 2 is 1.96 bits per heavy atom. The number of aryl methyl sites for hydroxylation is 1. The molecule has 1 heterocycles. The maximum absolute atomic E-state index is 12.5. The van der Waals surface area contributed by atoms with Crippen molar-refractivity contribution in [2.75, 3.05) is 5.32 Å². The number of carbonyl (C=O) groups is 1. The quantitative estimate of drug-likeness (QED) is 0.475. The number of benzene rings is 2. The first-order valence-electron chi connectivity index (χ1n) is 8.35. The molecule has 0 atom stereocenters. The lowest BCUT2D eigenvalue weighted by atomic mass is 10.2. The highest BCUT2D eigenvalue weighted by molar-refractivity contribution is 9.10. The zero-order chi connectivity index (χ0) is 20.3. The Bertz CT molecular complexity index is 1120. The predicted molar refractivity (Wildman–Crippen MR) is 110 cm³/mol. The number of rotatable bonds is 5. The van der Waals surface area contributed by atoms with Crippen molar-refractivity contribution in [3.63, 3.8) is 0 Å². The number of carbonyl (C=O) groups excluding carboxylic acids is 1. The number of hydrogen-bond donors (Lipinski definition) is 1. The van der Waals surface area contributed by atoms with Gasteiger partial charge in [0.25, 0.3) is 17.2 Å². The minimum Gasteiger partial charge on any atom is -0.322 e. The lowest BCUT2D eigenvalue weighted by Gasteiger charge is -2.10. The van der Waals surface area contributed by atoms with Gasteiger partial charge in [-0.3, -0.25) is 19.7 Å². The topological polar surface area (TPSA) is 94.2 Å². The van der Waals surface area contributed by atoms with Crippen LogP contribution in [0.4, 0.5) is 11.4 Å². The fourth-order valence-electron chi connectivity index (χ4n) is 2.68. The molecule has 2 aromatic carbocycles. The molecule has 142 valence electrons. The number of hydrogen-bond acceptors (Lipinski definition) is 4. The number of pyridine rings is 1. The van der Waals surface area contributed by atoms with Crippen LogP contribution in [0, 0.1) is 17.0 Å². The average molecular weight is 442 g/mol.